The van der Waals surface area contributed by atoms with E-state index in [1.54, 1.807) is 18.0 Å². The molecule has 0 saturated carbocycles. The van der Waals surface area contributed by atoms with Gasteiger partial charge in [0, 0.05) is 43.2 Å². The number of phenolic OH excluding ortho intramolecular Hbond substituents is 2. The number of rotatable bonds is 6. The van der Waals surface area contributed by atoms with Crippen molar-refractivity contribution in [2.75, 3.05) is 0 Å². The highest BCUT2D eigenvalue weighted by Gasteiger charge is 2.22. The van der Waals surface area contributed by atoms with Gasteiger partial charge in [-0.15, -0.1) is 11.8 Å². The van der Waals surface area contributed by atoms with Gasteiger partial charge in [-0.25, -0.2) is 0 Å². The summed E-state index contributed by atoms with van der Waals surface area (Å²) < 4.78 is 3.71. The van der Waals surface area contributed by atoms with E-state index in [4.69, 9.17) is 4.99 Å². The lowest BCUT2D eigenvalue weighted by atomic mass is 9.85. The van der Waals surface area contributed by atoms with Crippen LogP contribution in [0.3, 0.4) is 0 Å². The zero-order valence-corrected chi connectivity index (χ0v) is 31.4. The number of aromatic hydroxyl groups is 2. The molecule has 47 heavy (non-hydrogen) atoms. The molecule has 0 aliphatic rings. The molecule has 0 amide bonds. The van der Waals surface area contributed by atoms with Gasteiger partial charge < -0.3 is 14.8 Å². The van der Waals surface area contributed by atoms with Crippen LogP contribution in [-0.4, -0.2) is 21.0 Å². The number of hydrogen-bond acceptors (Lipinski definition) is 4. The summed E-state index contributed by atoms with van der Waals surface area (Å²) in [6.45, 7) is 13.4. The molecule has 7 heteroatoms. The fraction of sp³-hybridized carbons (Fsp3) is 0.225. The van der Waals surface area contributed by atoms with E-state index in [1.165, 1.54) is 21.9 Å². The Labute approximate surface area is 297 Å². The number of halogens is 2. The SMILES string of the molecule is CC(C)(C)c1ccc2c(c1)c1cc(C(C)(C)C)ccc1n2-c1cccc(/C=N/c2ccccc2SCc2cc(Br)cc(Br)c2O)c1O. The maximum Gasteiger partial charge on any atom is 0.148 e. The van der Waals surface area contributed by atoms with Crippen LogP contribution in [0, 0.1) is 0 Å². The van der Waals surface area contributed by atoms with Crippen molar-refractivity contribution in [2.24, 2.45) is 4.99 Å². The molecule has 4 nitrogen and oxygen atoms in total. The number of para-hydroxylation sites is 2. The fourth-order valence-corrected chi connectivity index (χ4v) is 8.05. The third-order valence-electron chi connectivity index (χ3n) is 8.48. The molecule has 6 rings (SSSR count). The summed E-state index contributed by atoms with van der Waals surface area (Å²) in [5, 5.41) is 24.7. The van der Waals surface area contributed by atoms with E-state index in [1.807, 2.05) is 54.6 Å². The van der Waals surface area contributed by atoms with Crippen molar-refractivity contribution in [1.82, 2.24) is 4.57 Å². The maximum absolute atomic E-state index is 11.8. The third kappa shape index (κ3) is 6.76. The Morgan fingerprint density at radius 1 is 0.723 bits per heavy atom. The number of nitrogens with zero attached hydrogens (tertiary/aromatic N) is 2. The van der Waals surface area contributed by atoms with E-state index in [0.717, 1.165) is 31.7 Å². The van der Waals surface area contributed by atoms with Crippen LogP contribution in [0.1, 0.15) is 63.8 Å². The van der Waals surface area contributed by atoms with E-state index in [0.29, 0.717) is 21.5 Å². The van der Waals surface area contributed by atoms with Gasteiger partial charge in [-0.05, 0) is 98.6 Å². The molecule has 0 atom stereocenters. The molecule has 0 radical (unpaired) electrons. The number of aromatic nitrogens is 1. The first kappa shape index (κ1) is 33.4. The highest BCUT2D eigenvalue weighted by atomic mass is 79.9. The van der Waals surface area contributed by atoms with Crippen LogP contribution in [0.25, 0.3) is 27.5 Å². The number of fused-ring (bicyclic) bond motifs is 3. The van der Waals surface area contributed by atoms with Crippen molar-refractivity contribution in [3.8, 4) is 17.2 Å². The molecule has 0 fully saturated rings. The molecule has 0 aliphatic carbocycles. The molecule has 0 saturated heterocycles. The quantitative estimate of drug-likeness (QED) is 0.131. The van der Waals surface area contributed by atoms with Crippen LogP contribution < -0.4 is 0 Å². The number of benzene rings is 5. The van der Waals surface area contributed by atoms with Crippen LogP contribution in [-0.2, 0) is 16.6 Å². The summed E-state index contributed by atoms with van der Waals surface area (Å²) in [6.07, 6.45) is 1.73. The number of aliphatic imine (C=N–C) groups is 1. The van der Waals surface area contributed by atoms with E-state index < -0.39 is 0 Å². The molecule has 0 spiro atoms. The van der Waals surface area contributed by atoms with Gasteiger partial charge in [0.2, 0.25) is 0 Å². The first-order valence-electron chi connectivity index (χ1n) is 15.6. The Hall–Kier alpha value is -3.52. The maximum atomic E-state index is 11.8. The van der Waals surface area contributed by atoms with Gasteiger partial charge in [-0.1, -0.05) is 87.8 Å². The second kappa shape index (κ2) is 12.8. The molecular formula is C40H38Br2N2O2S. The van der Waals surface area contributed by atoms with Crippen molar-refractivity contribution in [2.45, 2.75) is 63.0 Å². The number of hydrogen-bond donors (Lipinski definition) is 2. The second-order valence-corrected chi connectivity index (χ2v) is 16.7. The van der Waals surface area contributed by atoms with E-state index in [-0.39, 0.29) is 22.3 Å². The lowest BCUT2D eigenvalue weighted by Gasteiger charge is -2.19. The molecule has 1 aromatic heterocycles. The first-order chi connectivity index (χ1) is 22.2. The third-order valence-corrected chi connectivity index (χ3v) is 10.7. The molecule has 1 heterocycles. The van der Waals surface area contributed by atoms with E-state index in [9.17, 15) is 10.2 Å². The molecule has 0 aliphatic heterocycles. The summed E-state index contributed by atoms with van der Waals surface area (Å²) in [5.74, 6) is 0.973. The predicted molar refractivity (Wildman–Crippen MR) is 207 cm³/mol. The zero-order chi connectivity index (χ0) is 33.7. The van der Waals surface area contributed by atoms with Crippen LogP contribution >= 0.6 is 43.6 Å². The van der Waals surface area contributed by atoms with Crippen molar-refractivity contribution < 1.29 is 10.2 Å². The van der Waals surface area contributed by atoms with Crippen molar-refractivity contribution in [3.63, 3.8) is 0 Å². The Morgan fingerprint density at radius 2 is 1.34 bits per heavy atom. The highest BCUT2D eigenvalue weighted by Crippen LogP contribution is 2.41. The summed E-state index contributed by atoms with van der Waals surface area (Å²) in [4.78, 5) is 5.81. The minimum Gasteiger partial charge on any atom is -0.506 e. The van der Waals surface area contributed by atoms with Crippen molar-refractivity contribution in [3.05, 3.63) is 122 Å². The normalized spacial score (nSPS) is 12.5. The monoisotopic (exact) mass is 768 g/mol. The minimum absolute atomic E-state index is 0.00647. The fourth-order valence-electron chi connectivity index (χ4n) is 5.76. The van der Waals surface area contributed by atoms with Crippen LogP contribution in [0.15, 0.2) is 110 Å². The van der Waals surface area contributed by atoms with Gasteiger partial charge in [-0.3, -0.25) is 4.99 Å². The average Bonchev–Trinajstić information content (AvgIpc) is 3.34. The minimum atomic E-state index is 0.00647. The molecular weight excluding hydrogens is 732 g/mol. The molecule has 5 aromatic carbocycles. The Kier molecular flexibility index (Phi) is 9.11. The number of phenols is 2. The van der Waals surface area contributed by atoms with Crippen molar-refractivity contribution >= 4 is 77.3 Å². The van der Waals surface area contributed by atoms with Crippen LogP contribution in [0.5, 0.6) is 11.5 Å². The van der Waals surface area contributed by atoms with Gasteiger partial charge in [0.15, 0.2) is 0 Å². The van der Waals surface area contributed by atoms with E-state index >= 15 is 0 Å². The van der Waals surface area contributed by atoms with Crippen LogP contribution in [0.4, 0.5) is 5.69 Å². The van der Waals surface area contributed by atoms with Crippen LogP contribution in [0.2, 0.25) is 0 Å². The molecule has 6 aromatic rings. The Balaban J connectivity index is 1.41. The first-order valence-corrected chi connectivity index (χ1v) is 18.1. The molecule has 0 unspecified atom stereocenters. The number of thioether (sulfide) groups is 1. The van der Waals surface area contributed by atoms with Gasteiger partial charge in [-0.2, -0.15) is 0 Å². The topological polar surface area (TPSA) is 57.8 Å². The molecule has 0 bridgehead atoms. The standard InChI is InChI=1S/C40H38Br2N2O2S/c1-39(2,3)26-14-16-33-29(19-26)30-20-27(40(4,5)6)15-17-34(30)44(33)35-12-9-10-24(38(35)46)22-43-32-11-7-8-13-36(32)47-23-25-18-28(41)21-31(42)37(25)45/h7-22,45-46H,23H2,1-6H3/b43-22+. The van der Waals surface area contributed by atoms with E-state index in [2.05, 4.69) is 114 Å². The zero-order valence-electron chi connectivity index (χ0n) is 27.4. The summed E-state index contributed by atoms with van der Waals surface area (Å²) in [6, 6.07) is 30.9. The summed E-state index contributed by atoms with van der Waals surface area (Å²) in [7, 11) is 0. The largest absolute Gasteiger partial charge is 0.506 e. The smallest absolute Gasteiger partial charge is 0.148 e. The summed E-state index contributed by atoms with van der Waals surface area (Å²) in [5.41, 5.74) is 7.60. The Bertz CT molecular complexity index is 2100. The Morgan fingerprint density at radius 3 is 1.96 bits per heavy atom. The molecule has 240 valence electrons. The summed E-state index contributed by atoms with van der Waals surface area (Å²) >= 11 is 8.54. The lowest BCUT2D eigenvalue weighted by molar-refractivity contribution is 0.467. The molecule has 2 N–H and O–H groups in total. The van der Waals surface area contributed by atoms with Gasteiger partial charge >= 0.3 is 0 Å². The van der Waals surface area contributed by atoms with Gasteiger partial charge in [0.1, 0.15) is 11.5 Å². The predicted octanol–water partition coefficient (Wildman–Crippen LogP) is 12.4. The van der Waals surface area contributed by atoms with Gasteiger partial charge in [0.05, 0.1) is 26.9 Å². The average molecular weight is 771 g/mol. The highest BCUT2D eigenvalue weighted by molar-refractivity contribution is 9.11. The lowest BCUT2D eigenvalue weighted by Crippen LogP contribution is -2.10. The second-order valence-electron chi connectivity index (χ2n) is 13.9. The van der Waals surface area contributed by atoms with Crippen molar-refractivity contribution in [1.29, 1.82) is 0 Å². The van der Waals surface area contributed by atoms with Gasteiger partial charge in [0.25, 0.3) is 0 Å².